The fourth-order valence-electron chi connectivity index (χ4n) is 5.27. The van der Waals surface area contributed by atoms with Crippen molar-refractivity contribution in [1.29, 1.82) is 0 Å². The predicted octanol–water partition coefficient (Wildman–Crippen LogP) is 5.49. The Bertz CT molecular complexity index is 1950. The number of allylic oxidation sites excluding steroid dienone is 1. The van der Waals surface area contributed by atoms with Crippen molar-refractivity contribution in [3.8, 4) is 17.2 Å². The zero-order valence-electron chi connectivity index (χ0n) is 25.6. The van der Waals surface area contributed by atoms with E-state index in [1.807, 2.05) is 13.8 Å². The lowest BCUT2D eigenvalue weighted by molar-refractivity contribution is -0.127. The van der Waals surface area contributed by atoms with Gasteiger partial charge in [-0.25, -0.2) is 9.38 Å². The molecule has 1 aromatic heterocycles. The molecule has 45 heavy (non-hydrogen) atoms. The van der Waals surface area contributed by atoms with Crippen LogP contribution in [0.3, 0.4) is 0 Å². The summed E-state index contributed by atoms with van der Waals surface area (Å²) in [7, 11) is 3.10. The van der Waals surface area contributed by atoms with Gasteiger partial charge >= 0.3 is 0 Å². The first-order chi connectivity index (χ1) is 21.7. The van der Waals surface area contributed by atoms with Crippen molar-refractivity contribution in [3.05, 3.63) is 119 Å². The number of carbonyl (C=O) groups is 1. The van der Waals surface area contributed by atoms with Crippen LogP contribution < -0.4 is 29.1 Å². The van der Waals surface area contributed by atoms with Crippen LogP contribution in [0.2, 0.25) is 5.02 Å². The molecule has 0 aliphatic carbocycles. The summed E-state index contributed by atoms with van der Waals surface area (Å²) >= 11 is 7.57. The minimum absolute atomic E-state index is 0.190. The monoisotopic (exact) mass is 649 g/mol. The minimum Gasteiger partial charge on any atom is -0.497 e. The maximum Gasteiger partial charge on any atom is 0.271 e. The third kappa shape index (κ3) is 6.53. The number of rotatable bonds is 10. The predicted molar refractivity (Wildman–Crippen MR) is 173 cm³/mol. The minimum atomic E-state index is -0.824. The first kappa shape index (κ1) is 32.0. The van der Waals surface area contributed by atoms with Gasteiger partial charge in [-0.2, -0.15) is 0 Å². The van der Waals surface area contributed by atoms with Gasteiger partial charge in [0.15, 0.2) is 4.80 Å². The molecular weight excluding hydrogens is 617 g/mol. The molecule has 1 aliphatic rings. The second-order valence-corrected chi connectivity index (χ2v) is 11.7. The van der Waals surface area contributed by atoms with E-state index in [0.717, 1.165) is 5.56 Å². The van der Waals surface area contributed by atoms with E-state index in [2.05, 4.69) is 0 Å². The van der Waals surface area contributed by atoms with Gasteiger partial charge in [0.25, 0.3) is 11.5 Å². The van der Waals surface area contributed by atoms with Gasteiger partial charge in [-0.15, -0.1) is 0 Å². The van der Waals surface area contributed by atoms with Gasteiger partial charge in [-0.3, -0.25) is 14.2 Å². The second-order valence-electron chi connectivity index (χ2n) is 10.3. The van der Waals surface area contributed by atoms with Gasteiger partial charge in [0, 0.05) is 29.2 Å². The van der Waals surface area contributed by atoms with Crippen molar-refractivity contribution in [3.63, 3.8) is 0 Å². The van der Waals surface area contributed by atoms with E-state index in [4.69, 9.17) is 30.8 Å². The molecule has 0 radical (unpaired) electrons. The molecule has 0 spiro atoms. The number of likely N-dealkylation sites (N-methyl/N-ethyl adjacent to an activating group) is 1. The highest BCUT2D eigenvalue weighted by Gasteiger charge is 2.36. The van der Waals surface area contributed by atoms with Crippen LogP contribution in [-0.2, 0) is 11.4 Å². The molecule has 0 bridgehead atoms. The van der Waals surface area contributed by atoms with Crippen LogP contribution in [0.25, 0.3) is 6.08 Å². The summed E-state index contributed by atoms with van der Waals surface area (Å²) in [5.74, 6) is 1.01. The fraction of sp³-hybridized carbons (Fsp3) is 0.265. The number of methoxy groups -OCH3 is 2. The molecule has 11 heteroatoms. The Kier molecular flexibility index (Phi) is 9.74. The number of thiazole rings is 1. The standard InChI is InChI=1S/C34H33ClFN3O5S/c1-6-38(7-2)33(41)30-20(3)37-34-39(31(30)26-18-25(42-4)13-15-28(26)43-5)32(40)29(45-34)17-22-16-23(35)10-14-27(22)44-19-21-8-11-24(36)12-9-21/h8-18,31H,6-7,19H2,1-5H3/b29-17+/t31-/m0/s1. The summed E-state index contributed by atoms with van der Waals surface area (Å²) in [4.78, 5) is 35.2. The van der Waals surface area contributed by atoms with E-state index in [1.54, 1.807) is 85.2 Å². The normalized spacial score (nSPS) is 14.6. The van der Waals surface area contributed by atoms with E-state index in [0.29, 0.717) is 67.1 Å². The lowest BCUT2D eigenvalue weighted by Gasteiger charge is -2.30. The zero-order valence-corrected chi connectivity index (χ0v) is 27.2. The highest BCUT2D eigenvalue weighted by Crippen LogP contribution is 2.38. The van der Waals surface area contributed by atoms with Crippen molar-refractivity contribution >= 4 is 34.9 Å². The van der Waals surface area contributed by atoms with Crippen LogP contribution in [-0.4, -0.2) is 42.7 Å². The molecule has 2 heterocycles. The first-order valence-electron chi connectivity index (χ1n) is 14.4. The fourth-order valence-corrected chi connectivity index (χ4v) is 6.49. The SMILES string of the molecule is CCN(CC)C(=O)C1=C(C)N=c2s/c(=C/c3cc(Cl)ccc3OCc3ccc(F)cc3)c(=O)n2[C@H]1c1cc(OC)ccc1OC. The Morgan fingerprint density at radius 3 is 2.42 bits per heavy atom. The van der Waals surface area contributed by atoms with Crippen LogP contribution in [0.5, 0.6) is 17.2 Å². The highest BCUT2D eigenvalue weighted by atomic mass is 35.5. The van der Waals surface area contributed by atoms with Gasteiger partial charge in [-0.1, -0.05) is 35.1 Å². The summed E-state index contributed by atoms with van der Waals surface area (Å²) in [5.41, 5.74) is 2.53. The van der Waals surface area contributed by atoms with Crippen LogP contribution in [0.15, 0.2) is 81.7 Å². The number of hydrogen-bond donors (Lipinski definition) is 0. The van der Waals surface area contributed by atoms with Crippen molar-refractivity contribution in [2.75, 3.05) is 27.3 Å². The largest absolute Gasteiger partial charge is 0.497 e. The molecule has 234 valence electrons. The van der Waals surface area contributed by atoms with Crippen LogP contribution in [0.4, 0.5) is 4.39 Å². The number of benzene rings is 3. The van der Waals surface area contributed by atoms with Crippen molar-refractivity contribution < 1.29 is 23.4 Å². The summed E-state index contributed by atoms with van der Waals surface area (Å²) in [6, 6.07) is 15.7. The molecule has 1 aliphatic heterocycles. The first-order valence-corrected chi connectivity index (χ1v) is 15.6. The highest BCUT2D eigenvalue weighted by molar-refractivity contribution is 7.07. The third-order valence-electron chi connectivity index (χ3n) is 7.60. The van der Waals surface area contributed by atoms with Gasteiger partial charge < -0.3 is 19.1 Å². The summed E-state index contributed by atoms with van der Waals surface area (Å²) in [5, 5.41) is 0.463. The maximum atomic E-state index is 14.3. The van der Waals surface area contributed by atoms with Crippen LogP contribution in [0.1, 0.15) is 43.5 Å². The van der Waals surface area contributed by atoms with Crippen molar-refractivity contribution in [1.82, 2.24) is 9.47 Å². The Morgan fingerprint density at radius 2 is 1.76 bits per heavy atom. The van der Waals surface area contributed by atoms with E-state index < -0.39 is 6.04 Å². The molecule has 0 unspecified atom stereocenters. The average Bonchev–Trinajstić information content (AvgIpc) is 3.34. The van der Waals surface area contributed by atoms with Gasteiger partial charge in [0.05, 0.1) is 30.0 Å². The molecule has 0 N–H and O–H groups in total. The molecule has 0 fully saturated rings. The number of ether oxygens (including phenoxy) is 3. The molecule has 5 rings (SSSR count). The Balaban J connectivity index is 1.68. The molecule has 1 amide bonds. The average molecular weight is 650 g/mol. The molecule has 3 aromatic carbocycles. The van der Waals surface area contributed by atoms with E-state index in [1.165, 1.54) is 23.5 Å². The Labute approximate surface area is 269 Å². The van der Waals surface area contributed by atoms with Gasteiger partial charge in [0.1, 0.15) is 35.7 Å². The number of carbonyl (C=O) groups excluding carboxylic acids is 1. The topological polar surface area (TPSA) is 82.4 Å². The Morgan fingerprint density at radius 1 is 1.04 bits per heavy atom. The van der Waals surface area contributed by atoms with Crippen molar-refractivity contribution in [2.24, 2.45) is 4.99 Å². The lowest BCUT2D eigenvalue weighted by atomic mass is 9.93. The quantitative estimate of drug-likeness (QED) is 0.227. The molecule has 4 aromatic rings. The van der Waals surface area contributed by atoms with Crippen LogP contribution >= 0.6 is 22.9 Å². The molecular formula is C34H33ClFN3O5S. The Hall–Kier alpha value is -4.41. The number of aromatic nitrogens is 1. The summed E-state index contributed by atoms with van der Waals surface area (Å²) in [6.07, 6.45) is 1.71. The van der Waals surface area contributed by atoms with E-state index in [-0.39, 0.29) is 23.9 Å². The summed E-state index contributed by atoms with van der Waals surface area (Å²) in [6.45, 7) is 6.78. The number of halogens is 2. The smallest absolute Gasteiger partial charge is 0.271 e. The molecule has 1 atom stereocenters. The van der Waals surface area contributed by atoms with Gasteiger partial charge in [-0.05, 0) is 80.9 Å². The maximum absolute atomic E-state index is 14.3. The lowest BCUT2D eigenvalue weighted by Crippen LogP contribution is -2.43. The third-order valence-corrected chi connectivity index (χ3v) is 8.82. The van der Waals surface area contributed by atoms with Gasteiger partial charge in [0.2, 0.25) is 0 Å². The second kappa shape index (κ2) is 13.7. The van der Waals surface area contributed by atoms with E-state index in [9.17, 15) is 14.0 Å². The molecule has 8 nitrogen and oxygen atoms in total. The zero-order chi connectivity index (χ0) is 32.2. The van der Waals surface area contributed by atoms with Crippen molar-refractivity contribution in [2.45, 2.75) is 33.4 Å². The molecule has 0 saturated heterocycles. The number of fused-ring (bicyclic) bond motifs is 1. The number of amides is 1. The van der Waals surface area contributed by atoms with Crippen LogP contribution in [0, 0.1) is 5.82 Å². The summed E-state index contributed by atoms with van der Waals surface area (Å²) < 4.78 is 32.6. The number of hydrogen-bond acceptors (Lipinski definition) is 7. The van der Waals surface area contributed by atoms with E-state index >= 15 is 0 Å². The number of nitrogens with zero attached hydrogens (tertiary/aromatic N) is 3. The molecule has 0 saturated carbocycles.